The van der Waals surface area contributed by atoms with Crippen LogP contribution in [0.25, 0.3) is 0 Å². The van der Waals surface area contributed by atoms with E-state index >= 15 is 0 Å². The van der Waals surface area contributed by atoms with E-state index in [0.717, 1.165) is 5.75 Å². The molecule has 4 nitrogen and oxygen atoms in total. The van der Waals surface area contributed by atoms with Gasteiger partial charge in [0.15, 0.2) is 5.78 Å². The summed E-state index contributed by atoms with van der Waals surface area (Å²) in [6.07, 6.45) is 1.41. The van der Waals surface area contributed by atoms with Crippen molar-refractivity contribution >= 4 is 5.78 Å². The molecule has 4 heteroatoms. The van der Waals surface area contributed by atoms with Crippen molar-refractivity contribution in [3.63, 3.8) is 0 Å². The maximum atomic E-state index is 12.6. The highest BCUT2D eigenvalue weighted by molar-refractivity contribution is 6.00. The number of hydrogen-bond donors (Lipinski definition) is 1. The lowest BCUT2D eigenvalue weighted by Gasteiger charge is -2.34. The molecule has 2 N–H and O–H groups in total. The molecule has 2 rings (SSSR count). The molecule has 98 valence electrons. The Morgan fingerprint density at radius 1 is 1.33 bits per heavy atom. The van der Waals surface area contributed by atoms with Gasteiger partial charge in [-0.3, -0.25) is 4.79 Å². The highest BCUT2D eigenvalue weighted by Crippen LogP contribution is 2.33. The Kier molecular flexibility index (Phi) is 3.99. The first kappa shape index (κ1) is 13.1. The zero-order chi connectivity index (χ0) is 13.0. The largest absolute Gasteiger partial charge is 0.497 e. The fraction of sp³-hybridized carbons (Fsp3) is 0.500. The molecular formula is C14H19NO3. The number of benzene rings is 1. The standard InChI is InChI=1S/C14H19NO3/c1-17-12-4-2-11(3-5-12)13(16)14(10-15)6-8-18-9-7-14/h2-5H,6-10,15H2,1H3. The Morgan fingerprint density at radius 3 is 2.44 bits per heavy atom. The van der Waals surface area contributed by atoms with E-state index in [1.807, 2.05) is 0 Å². The van der Waals surface area contributed by atoms with Gasteiger partial charge in [-0.25, -0.2) is 0 Å². The van der Waals surface area contributed by atoms with Crippen molar-refractivity contribution in [2.45, 2.75) is 12.8 Å². The van der Waals surface area contributed by atoms with E-state index < -0.39 is 5.41 Å². The molecule has 1 aliphatic rings. The summed E-state index contributed by atoms with van der Waals surface area (Å²) >= 11 is 0. The predicted molar refractivity (Wildman–Crippen MR) is 68.9 cm³/mol. The van der Waals surface area contributed by atoms with E-state index in [4.69, 9.17) is 15.2 Å². The van der Waals surface area contributed by atoms with Gasteiger partial charge in [0.25, 0.3) is 0 Å². The molecule has 0 radical (unpaired) electrons. The summed E-state index contributed by atoms with van der Waals surface area (Å²) in [5.74, 6) is 0.872. The second kappa shape index (κ2) is 5.50. The number of Topliss-reactive ketones (excluding diaryl/α,β-unsaturated/α-hetero) is 1. The molecule has 18 heavy (non-hydrogen) atoms. The maximum absolute atomic E-state index is 12.6. The van der Waals surface area contributed by atoms with Crippen molar-refractivity contribution in [3.8, 4) is 5.75 Å². The Labute approximate surface area is 107 Å². The fourth-order valence-corrected chi connectivity index (χ4v) is 2.33. The van der Waals surface area contributed by atoms with Crippen molar-refractivity contribution < 1.29 is 14.3 Å². The number of carbonyl (C=O) groups excluding carboxylic acids is 1. The zero-order valence-electron chi connectivity index (χ0n) is 10.6. The van der Waals surface area contributed by atoms with Gasteiger partial charge >= 0.3 is 0 Å². The lowest BCUT2D eigenvalue weighted by atomic mass is 9.74. The normalized spacial score (nSPS) is 18.3. The summed E-state index contributed by atoms with van der Waals surface area (Å²) in [5.41, 5.74) is 6.08. The molecule has 1 aliphatic heterocycles. The van der Waals surface area contributed by atoms with Crippen LogP contribution in [0.2, 0.25) is 0 Å². The average Bonchev–Trinajstić information content (AvgIpc) is 2.47. The molecule has 1 aromatic carbocycles. The average molecular weight is 249 g/mol. The van der Waals surface area contributed by atoms with E-state index in [2.05, 4.69) is 0 Å². The van der Waals surface area contributed by atoms with Gasteiger partial charge in [-0.1, -0.05) is 0 Å². The molecular weight excluding hydrogens is 230 g/mol. The molecule has 0 aromatic heterocycles. The summed E-state index contributed by atoms with van der Waals surface area (Å²) in [4.78, 5) is 12.6. The Hall–Kier alpha value is -1.39. The Bertz CT molecular complexity index is 408. The minimum absolute atomic E-state index is 0.121. The third-order valence-electron chi connectivity index (χ3n) is 3.67. The van der Waals surface area contributed by atoms with E-state index in [1.54, 1.807) is 31.4 Å². The minimum Gasteiger partial charge on any atom is -0.497 e. The van der Waals surface area contributed by atoms with Crippen LogP contribution >= 0.6 is 0 Å². The summed E-state index contributed by atoms with van der Waals surface area (Å²) in [6, 6.07) is 7.20. The number of carbonyl (C=O) groups is 1. The molecule has 1 saturated heterocycles. The van der Waals surface area contributed by atoms with Crippen LogP contribution in [0.1, 0.15) is 23.2 Å². The van der Waals surface area contributed by atoms with E-state index in [0.29, 0.717) is 38.2 Å². The van der Waals surface area contributed by atoms with Crippen LogP contribution in [-0.2, 0) is 4.74 Å². The molecule has 0 bridgehead atoms. The first-order chi connectivity index (χ1) is 8.72. The van der Waals surface area contributed by atoms with Gasteiger partial charge in [-0.05, 0) is 37.1 Å². The second-order valence-electron chi connectivity index (χ2n) is 4.65. The number of methoxy groups -OCH3 is 1. The molecule has 0 aliphatic carbocycles. The second-order valence-corrected chi connectivity index (χ2v) is 4.65. The van der Waals surface area contributed by atoms with E-state index in [9.17, 15) is 4.79 Å². The quantitative estimate of drug-likeness (QED) is 0.824. The Balaban J connectivity index is 2.22. The fourth-order valence-electron chi connectivity index (χ4n) is 2.33. The summed E-state index contributed by atoms with van der Waals surface area (Å²) < 4.78 is 10.4. The van der Waals surface area contributed by atoms with Gasteiger partial charge in [0.2, 0.25) is 0 Å². The summed E-state index contributed by atoms with van der Waals surface area (Å²) in [7, 11) is 1.61. The molecule has 1 heterocycles. The smallest absolute Gasteiger partial charge is 0.170 e. The highest BCUT2D eigenvalue weighted by Gasteiger charge is 2.38. The highest BCUT2D eigenvalue weighted by atomic mass is 16.5. The zero-order valence-corrected chi connectivity index (χ0v) is 10.6. The maximum Gasteiger partial charge on any atom is 0.170 e. The van der Waals surface area contributed by atoms with Crippen molar-refractivity contribution in [1.82, 2.24) is 0 Å². The van der Waals surface area contributed by atoms with E-state index in [-0.39, 0.29) is 5.78 Å². The number of nitrogens with two attached hydrogens (primary N) is 1. The molecule has 0 amide bonds. The van der Waals surface area contributed by atoms with Crippen LogP contribution in [0, 0.1) is 5.41 Å². The van der Waals surface area contributed by atoms with Gasteiger partial charge in [0, 0.05) is 25.3 Å². The van der Waals surface area contributed by atoms with Gasteiger partial charge in [-0.2, -0.15) is 0 Å². The Morgan fingerprint density at radius 2 is 1.94 bits per heavy atom. The topological polar surface area (TPSA) is 61.5 Å². The monoisotopic (exact) mass is 249 g/mol. The number of ether oxygens (including phenoxy) is 2. The van der Waals surface area contributed by atoms with Gasteiger partial charge in [0.05, 0.1) is 12.5 Å². The van der Waals surface area contributed by atoms with Crippen molar-refractivity contribution in [1.29, 1.82) is 0 Å². The van der Waals surface area contributed by atoms with Crippen LogP contribution in [0.5, 0.6) is 5.75 Å². The molecule has 1 aromatic rings. The molecule has 0 saturated carbocycles. The number of hydrogen-bond acceptors (Lipinski definition) is 4. The minimum atomic E-state index is -0.452. The molecule has 1 fully saturated rings. The predicted octanol–water partition coefficient (Wildman–Crippen LogP) is 1.63. The molecule has 0 atom stereocenters. The first-order valence-corrected chi connectivity index (χ1v) is 6.18. The summed E-state index contributed by atoms with van der Waals surface area (Å²) in [6.45, 7) is 1.60. The van der Waals surface area contributed by atoms with Crippen LogP contribution in [-0.4, -0.2) is 32.7 Å². The van der Waals surface area contributed by atoms with Gasteiger partial charge < -0.3 is 15.2 Å². The lowest BCUT2D eigenvalue weighted by molar-refractivity contribution is 0.0200. The van der Waals surface area contributed by atoms with Crippen LogP contribution in [0.3, 0.4) is 0 Å². The van der Waals surface area contributed by atoms with Crippen molar-refractivity contribution in [2.24, 2.45) is 11.1 Å². The first-order valence-electron chi connectivity index (χ1n) is 6.18. The molecule has 0 spiro atoms. The third-order valence-corrected chi connectivity index (χ3v) is 3.67. The van der Waals surface area contributed by atoms with Crippen LogP contribution in [0.4, 0.5) is 0 Å². The van der Waals surface area contributed by atoms with Gasteiger partial charge in [0.1, 0.15) is 5.75 Å². The van der Waals surface area contributed by atoms with E-state index in [1.165, 1.54) is 0 Å². The summed E-state index contributed by atoms with van der Waals surface area (Å²) in [5, 5.41) is 0. The van der Waals surface area contributed by atoms with Crippen LogP contribution in [0.15, 0.2) is 24.3 Å². The molecule has 0 unspecified atom stereocenters. The van der Waals surface area contributed by atoms with Crippen LogP contribution < -0.4 is 10.5 Å². The number of rotatable bonds is 4. The number of ketones is 1. The van der Waals surface area contributed by atoms with Gasteiger partial charge in [-0.15, -0.1) is 0 Å². The third kappa shape index (κ3) is 2.40. The SMILES string of the molecule is COc1ccc(C(=O)C2(CN)CCOCC2)cc1. The lowest BCUT2D eigenvalue weighted by Crippen LogP contribution is -2.43. The van der Waals surface area contributed by atoms with Crippen molar-refractivity contribution in [3.05, 3.63) is 29.8 Å². The van der Waals surface area contributed by atoms with Crippen molar-refractivity contribution in [2.75, 3.05) is 26.9 Å².